The highest BCUT2D eigenvalue weighted by atomic mass is 16.5. The highest BCUT2D eigenvalue weighted by molar-refractivity contribution is 5.96. The molecule has 6 nitrogen and oxygen atoms in total. The van der Waals surface area contributed by atoms with Gasteiger partial charge in [-0.05, 0) is 44.7 Å². The van der Waals surface area contributed by atoms with E-state index in [1.54, 1.807) is 7.11 Å². The van der Waals surface area contributed by atoms with E-state index in [9.17, 15) is 4.79 Å². The van der Waals surface area contributed by atoms with Crippen LogP contribution in [0.25, 0.3) is 5.69 Å². The molecule has 1 aromatic carbocycles. The summed E-state index contributed by atoms with van der Waals surface area (Å²) < 4.78 is 7.04. The van der Waals surface area contributed by atoms with E-state index in [1.165, 1.54) is 0 Å². The van der Waals surface area contributed by atoms with Gasteiger partial charge in [0.05, 0.1) is 29.7 Å². The fourth-order valence-electron chi connectivity index (χ4n) is 3.35. The molecular weight excluding hydrogens is 316 g/mol. The molecule has 0 saturated carbocycles. The van der Waals surface area contributed by atoms with Gasteiger partial charge in [0.15, 0.2) is 0 Å². The lowest BCUT2D eigenvalue weighted by atomic mass is 10.1. The molecule has 0 bridgehead atoms. The van der Waals surface area contributed by atoms with Crippen molar-refractivity contribution in [2.75, 3.05) is 39.8 Å². The highest BCUT2D eigenvalue weighted by Crippen LogP contribution is 2.22. The molecule has 1 fully saturated rings. The van der Waals surface area contributed by atoms with E-state index in [0.717, 1.165) is 61.1 Å². The molecule has 3 rings (SSSR count). The van der Waals surface area contributed by atoms with Crippen LogP contribution in [0.3, 0.4) is 0 Å². The van der Waals surface area contributed by atoms with Gasteiger partial charge < -0.3 is 14.5 Å². The molecule has 6 heteroatoms. The number of ether oxygens (including phenoxy) is 1. The van der Waals surface area contributed by atoms with Gasteiger partial charge in [-0.1, -0.05) is 6.92 Å². The maximum atomic E-state index is 13.0. The molecule has 25 heavy (non-hydrogen) atoms. The van der Waals surface area contributed by atoms with Gasteiger partial charge in [-0.15, -0.1) is 0 Å². The van der Waals surface area contributed by atoms with Crippen molar-refractivity contribution in [2.24, 2.45) is 0 Å². The molecule has 134 valence electrons. The fourth-order valence-corrected chi connectivity index (χ4v) is 3.35. The number of methoxy groups -OCH3 is 1. The third kappa shape index (κ3) is 3.39. The number of carbonyl (C=O) groups is 1. The van der Waals surface area contributed by atoms with Gasteiger partial charge in [-0.2, -0.15) is 5.10 Å². The molecule has 0 spiro atoms. The zero-order valence-corrected chi connectivity index (χ0v) is 15.5. The standard InChI is InChI=1S/C19H26N4O2/c1-5-21-10-12-22(13-11-21)19(24)18-14(2)20-23(15(18)3)16-6-8-17(25-4)9-7-16/h6-9H,5,10-13H2,1-4H3. The molecule has 1 aliphatic rings. The lowest BCUT2D eigenvalue weighted by Gasteiger charge is -2.34. The van der Waals surface area contributed by atoms with E-state index in [2.05, 4.69) is 16.9 Å². The lowest BCUT2D eigenvalue weighted by molar-refractivity contribution is 0.0642. The molecule has 0 N–H and O–H groups in total. The maximum Gasteiger partial charge on any atom is 0.257 e. The number of aryl methyl sites for hydroxylation is 1. The van der Waals surface area contributed by atoms with Crippen molar-refractivity contribution >= 4 is 5.91 Å². The molecular formula is C19H26N4O2. The lowest BCUT2D eigenvalue weighted by Crippen LogP contribution is -2.48. The van der Waals surface area contributed by atoms with Crippen molar-refractivity contribution in [1.82, 2.24) is 19.6 Å². The Labute approximate surface area is 149 Å². The molecule has 0 radical (unpaired) electrons. The van der Waals surface area contributed by atoms with E-state index in [4.69, 9.17) is 4.74 Å². The summed E-state index contributed by atoms with van der Waals surface area (Å²) in [4.78, 5) is 17.3. The average Bonchev–Trinajstić information content (AvgIpc) is 2.95. The van der Waals surface area contributed by atoms with Crippen LogP contribution >= 0.6 is 0 Å². The molecule has 1 saturated heterocycles. The molecule has 1 amide bonds. The molecule has 0 atom stereocenters. The summed E-state index contributed by atoms with van der Waals surface area (Å²) in [5.74, 6) is 0.890. The normalized spacial score (nSPS) is 15.4. The summed E-state index contributed by atoms with van der Waals surface area (Å²) in [7, 11) is 1.65. The van der Waals surface area contributed by atoms with Crippen LogP contribution in [0.5, 0.6) is 5.75 Å². The van der Waals surface area contributed by atoms with Gasteiger partial charge in [0.25, 0.3) is 5.91 Å². The van der Waals surface area contributed by atoms with Crippen LogP contribution in [0.4, 0.5) is 0 Å². The zero-order valence-electron chi connectivity index (χ0n) is 15.5. The summed E-state index contributed by atoms with van der Waals surface area (Å²) in [6, 6.07) is 7.70. The van der Waals surface area contributed by atoms with Gasteiger partial charge in [-0.3, -0.25) is 4.79 Å². The first-order valence-electron chi connectivity index (χ1n) is 8.77. The minimum absolute atomic E-state index is 0.0884. The first kappa shape index (κ1) is 17.5. The Morgan fingerprint density at radius 3 is 2.32 bits per heavy atom. The van der Waals surface area contributed by atoms with Crippen molar-refractivity contribution in [3.63, 3.8) is 0 Å². The van der Waals surface area contributed by atoms with Crippen LogP contribution in [0.1, 0.15) is 28.7 Å². The number of aromatic nitrogens is 2. The van der Waals surface area contributed by atoms with Crippen molar-refractivity contribution in [2.45, 2.75) is 20.8 Å². The van der Waals surface area contributed by atoms with Crippen LogP contribution in [0, 0.1) is 13.8 Å². The first-order chi connectivity index (χ1) is 12.0. The molecule has 2 heterocycles. The predicted molar refractivity (Wildman–Crippen MR) is 97.6 cm³/mol. The largest absolute Gasteiger partial charge is 0.497 e. The second-order valence-electron chi connectivity index (χ2n) is 6.38. The van der Waals surface area contributed by atoms with Crippen LogP contribution in [0.15, 0.2) is 24.3 Å². The number of carbonyl (C=O) groups excluding carboxylic acids is 1. The SMILES string of the molecule is CCN1CCN(C(=O)c2c(C)nn(-c3ccc(OC)cc3)c2C)CC1. The smallest absolute Gasteiger partial charge is 0.257 e. The Bertz CT molecular complexity index is 744. The number of likely N-dealkylation sites (N-methyl/N-ethyl adjacent to an activating group) is 1. The first-order valence-corrected chi connectivity index (χ1v) is 8.77. The second kappa shape index (κ2) is 7.27. The van der Waals surface area contributed by atoms with Crippen LogP contribution < -0.4 is 4.74 Å². The minimum atomic E-state index is 0.0884. The number of nitrogens with zero attached hydrogens (tertiary/aromatic N) is 4. The van der Waals surface area contributed by atoms with Crippen molar-refractivity contribution in [1.29, 1.82) is 0 Å². The number of rotatable bonds is 4. The quantitative estimate of drug-likeness (QED) is 0.855. The predicted octanol–water partition coefficient (Wildman–Crippen LogP) is 2.28. The Morgan fingerprint density at radius 2 is 1.76 bits per heavy atom. The topological polar surface area (TPSA) is 50.6 Å². The highest BCUT2D eigenvalue weighted by Gasteiger charge is 2.26. The zero-order chi connectivity index (χ0) is 18.0. The Balaban J connectivity index is 1.85. The van der Waals surface area contributed by atoms with Gasteiger partial charge in [0.2, 0.25) is 0 Å². The number of hydrogen-bond donors (Lipinski definition) is 0. The summed E-state index contributed by atoms with van der Waals surface area (Å²) >= 11 is 0. The fraction of sp³-hybridized carbons (Fsp3) is 0.474. The van der Waals surface area contributed by atoms with Crippen molar-refractivity contribution in [3.8, 4) is 11.4 Å². The van der Waals surface area contributed by atoms with Crippen molar-refractivity contribution in [3.05, 3.63) is 41.2 Å². The average molecular weight is 342 g/mol. The number of hydrogen-bond acceptors (Lipinski definition) is 4. The summed E-state index contributed by atoms with van der Waals surface area (Å²) in [6.45, 7) is 10.5. The van der Waals surface area contributed by atoms with E-state index in [0.29, 0.717) is 0 Å². The van der Waals surface area contributed by atoms with Gasteiger partial charge in [0.1, 0.15) is 5.75 Å². The van der Waals surface area contributed by atoms with Crippen LogP contribution in [-0.2, 0) is 0 Å². The summed E-state index contributed by atoms with van der Waals surface area (Å²) in [6.07, 6.45) is 0. The third-order valence-corrected chi connectivity index (χ3v) is 4.93. The van der Waals surface area contributed by atoms with E-state index in [-0.39, 0.29) is 5.91 Å². The number of piperazine rings is 1. The number of amides is 1. The van der Waals surface area contributed by atoms with E-state index in [1.807, 2.05) is 47.7 Å². The Hall–Kier alpha value is -2.34. The monoisotopic (exact) mass is 342 g/mol. The van der Waals surface area contributed by atoms with Gasteiger partial charge in [-0.25, -0.2) is 4.68 Å². The molecule has 1 aromatic heterocycles. The van der Waals surface area contributed by atoms with E-state index < -0.39 is 0 Å². The minimum Gasteiger partial charge on any atom is -0.497 e. The van der Waals surface area contributed by atoms with Crippen LogP contribution in [-0.4, -0.2) is 65.3 Å². The Morgan fingerprint density at radius 1 is 1.12 bits per heavy atom. The molecule has 2 aromatic rings. The van der Waals surface area contributed by atoms with E-state index >= 15 is 0 Å². The maximum absolute atomic E-state index is 13.0. The third-order valence-electron chi connectivity index (χ3n) is 4.93. The van der Waals surface area contributed by atoms with Crippen LogP contribution in [0.2, 0.25) is 0 Å². The Kier molecular flexibility index (Phi) is 5.08. The molecule has 0 unspecified atom stereocenters. The number of benzene rings is 1. The summed E-state index contributed by atoms with van der Waals surface area (Å²) in [5.41, 5.74) is 3.30. The second-order valence-corrected chi connectivity index (χ2v) is 6.38. The van der Waals surface area contributed by atoms with Gasteiger partial charge >= 0.3 is 0 Å². The molecule has 0 aliphatic carbocycles. The molecule has 1 aliphatic heterocycles. The van der Waals surface area contributed by atoms with Gasteiger partial charge in [0, 0.05) is 26.2 Å². The van der Waals surface area contributed by atoms with Crippen molar-refractivity contribution < 1.29 is 9.53 Å². The summed E-state index contributed by atoms with van der Waals surface area (Å²) in [5, 5.41) is 4.60.